The van der Waals surface area contributed by atoms with Crippen LogP contribution in [0.25, 0.3) is 0 Å². The minimum atomic E-state index is -3.38. The van der Waals surface area contributed by atoms with Gasteiger partial charge in [0.05, 0.1) is 16.7 Å². The summed E-state index contributed by atoms with van der Waals surface area (Å²) in [5.74, 6) is -0.0186. The summed E-state index contributed by atoms with van der Waals surface area (Å²) in [7, 11) is -3.38. The van der Waals surface area contributed by atoms with Crippen molar-refractivity contribution in [2.24, 2.45) is 0 Å². The van der Waals surface area contributed by atoms with Crippen molar-refractivity contribution in [3.8, 4) is 0 Å². The van der Waals surface area contributed by atoms with E-state index in [-0.39, 0.29) is 22.5 Å². The number of sulfone groups is 1. The molecule has 0 spiro atoms. The molecule has 1 fully saturated rings. The van der Waals surface area contributed by atoms with Crippen LogP contribution in [0.2, 0.25) is 0 Å². The summed E-state index contributed by atoms with van der Waals surface area (Å²) in [5.41, 5.74) is 1.25. The van der Waals surface area contributed by atoms with E-state index in [4.69, 9.17) is 0 Å². The van der Waals surface area contributed by atoms with Gasteiger partial charge in [-0.15, -0.1) is 0 Å². The van der Waals surface area contributed by atoms with Crippen molar-refractivity contribution in [3.05, 3.63) is 29.3 Å². The van der Waals surface area contributed by atoms with Crippen LogP contribution in [0.5, 0.6) is 0 Å². The summed E-state index contributed by atoms with van der Waals surface area (Å²) in [6, 6.07) is 4.78. The molecule has 1 aliphatic rings. The fourth-order valence-electron chi connectivity index (χ4n) is 2.58. The van der Waals surface area contributed by atoms with Crippen molar-refractivity contribution in [3.63, 3.8) is 0 Å². The Balaban J connectivity index is 2.45. The Morgan fingerprint density at radius 1 is 1.40 bits per heavy atom. The molecule has 0 saturated carbocycles. The third-order valence-corrected chi connectivity index (χ3v) is 5.56. The summed E-state index contributed by atoms with van der Waals surface area (Å²) in [6.07, 6.45) is 2.28. The quantitative estimate of drug-likeness (QED) is 0.845. The third kappa shape index (κ3) is 3.10. The average molecular weight is 295 g/mol. The van der Waals surface area contributed by atoms with E-state index in [1.165, 1.54) is 0 Å². The molecule has 0 amide bonds. The third-order valence-electron chi connectivity index (χ3n) is 3.59. The van der Waals surface area contributed by atoms with Gasteiger partial charge < -0.3 is 5.32 Å². The molecule has 110 valence electrons. The molecular formula is C15H21NO3S. The maximum absolute atomic E-state index is 12.5. The molecule has 0 aliphatic carbocycles. The monoisotopic (exact) mass is 295 g/mol. The van der Waals surface area contributed by atoms with Crippen LogP contribution >= 0.6 is 0 Å². The van der Waals surface area contributed by atoms with Gasteiger partial charge in [0.1, 0.15) is 0 Å². The zero-order valence-corrected chi connectivity index (χ0v) is 12.8. The standard InChI is InChI=1S/C15H21NO3S/c1-3-9-20(18,19)14-7-6-11(2)10-12(14)15(17)13-5-4-8-16-13/h6-7,10,13,16H,3-5,8-9H2,1-2H3. The van der Waals surface area contributed by atoms with Gasteiger partial charge in [-0.25, -0.2) is 8.42 Å². The maximum atomic E-state index is 12.5. The molecule has 0 aromatic heterocycles. The summed E-state index contributed by atoms with van der Waals surface area (Å²) in [4.78, 5) is 12.7. The minimum Gasteiger partial charge on any atom is -0.307 e. The second-order valence-electron chi connectivity index (χ2n) is 5.33. The maximum Gasteiger partial charge on any atom is 0.181 e. The van der Waals surface area contributed by atoms with Gasteiger partial charge in [0.15, 0.2) is 15.6 Å². The molecule has 0 radical (unpaired) electrons. The lowest BCUT2D eigenvalue weighted by Gasteiger charge is -2.14. The van der Waals surface area contributed by atoms with Crippen molar-refractivity contribution in [2.75, 3.05) is 12.3 Å². The summed E-state index contributed by atoms with van der Waals surface area (Å²) in [6.45, 7) is 4.51. The lowest BCUT2D eigenvalue weighted by atomic mass is 10.0. The number of hydrogen-bond donors (Lipinski definition) is 1. The number of aryl methyl sites for hydroxylation is 1. The Bertz CT molecular complexity index is 602. The fourth-order valence-corrected chi connectivity index (χ4v) is 4.11. The van der Waals surface area contributed by atoms with Crippen molar-refractivity contribution < 1.29 is 13.2 Å². The lowest BCUT2D eigenvalue weighted by molar-refractivity contribution is 0.0949. The van der Waals surface area contributed by atoms with Crippen LogP contribution in [0, 0.1) is 6.92 Å². The highest BCUT2D eigenvalue weighted by atomic mass is 32.2. The van der Waals surface area contributed by atoms with Crippen LogP contribution in [-0.4, -0.2) is 32.5 Å². The molecule has 1 saturated heterocycles. The average Bonchev–Trinajstić information content (AvgIpc) is 2.91. The van der Waals surface area contributed by atoms with Gasteiger partial charge in [0.2, 0.25) is 0 Å². The number of nitrogens with one attached hydrogen (secondary N) is 1. The molecule has 1 aromatic carbocycles. The van der Waals surface area contributed by atoms with E-state index in [0.29, 0.717) is 12.0 Å². The van der Waals surface area contributed by atoms with Gasteiger partial charge in [-0.1, -0.05) is 18.6 Å². The number of ketones is 1. The molecule has 0 bridgehead atoms. The SMILES string of the molecule is CCCS(=O)(=O)c1ccc(C)cc1C(=O)C1CCCN1. The predicted octanol–water partition coefficient (Wildman–Crippen LogP) is 2.11. The Hall–Kier alpha value is -1.20. The number of carbonyl (C=O) groups excluding carboxylic acids is 1. The Labute approximate surface area is 120 Å². The fraction of sp³-hybridized carbons (Fsp3) is 0.533. The summed E-state index contributed by atoms with van der Waals surface area (Å²) >= 11 is 0. The first-order chi connectivity index (χ1) is 9.45. The number of rotatable bonds is 5. The first-order valence-electron chi connectivity index (χ1n) is 7.06. The number of benzene rings is 1. The van der Waals surface area contributed by atoms with Crippen LogP contribution in [0.15, 0.2) is 23.1 Å². The molecule has 2 rings (SSSR count). The van der Waals surface area contributed by atoms with Crippen LogP contribution in [0.1, 0.15) is 42.1 Å². The van der Waals surface area contributed by atoms with Gasteiger partial charge in [0, 0.05) is 5.56 Å². The van der Waals surface area contributed by atoms with E-state index in [2.05, 4.69) is 5.32 Å². The topological polar surface area (TPSA) is 63.2 Å². The molecule has 1 heterocycles. The zero-order chi connectivity index (χ0) is 14.8. The predicted molar refractivity (Wildman–Crippen MR) is 78.9 cm³/mol. The minimum absolute atomic E-state index is 0.0778. The number of Topliss-reactive ketones (excluding diaryl/α,β-unsaturated/α-hetero) is 1. The summed E-state index contributed by atoms with van der Waals surface area (Å²) in [5, 5.41) is 3.14. The van der Waals surface area contributed by atoms with Crippen molar-refractivity contribution >= 4 is 15.6 Å². The second kappa shape index (κ2) is 6.06. The molecule has 1 aliphatic heterocycles. The Morgan fingerprint density at radius 2 is 2.15 bits per heavy atom. The molecule has 4 nitrogen and oxygen atoms in total. The molecule has 20 heavy (non-hydrogen) atoms. The van der Waals surface area contributed by atoms with Crippen LogP contribution in [-0.2, 0) is 9.84 Å². The van der Waals surface area contributed by atoms with Crippen LogP contribution in [0.4, 0.5) is 0 Å². The number of hydrogen-bond acceptors (Lipinski definition) is 4. The molecular weight excluding hydrogens is 274 g/mol. The second-order valence-corrected chi connectivity index (χ2v) is 7.41. The van der Waals surface area contributed by atoms with Crippen LogP contribution < -0.4 is 5.32 Å². The largest absolute Gasteiger partial charge is 0.307 e. The van der Waals surface area contributed by atoms with Gasteiger partial charge in [0.25, 0.3) is 0 Å². The number of carbonyl (C=O) groups is 1. The molecule has 1 N–H and O–H groups in total. The highest BCUT2D eigenvalue weighted by molar-refractivity contribution is 7.91. The lowest BCUT2D eigenvalue weighted by Crippen LogP contribution is -2.32. The normalized spacial score (nSPS) is 19.2. The van der Waals surface area contributed by atoms with Crippen molar-refractivity contribution in [1.29, 1.82) is 0 Å². The summed E-state index contributed by atoms with van der Waals surface area (Å²) < 4.78 is 24.6. The van der Waals surface area contributed by atoms with Crippen molar-refractivity contribution in [1.82, 2.24) is 5.32 Å². The molecule has 1 aromatic rings. The van der Waals surface area contributed by atoms with Gasteiger partial charge in [-0.05, 0) is 44.9 Å². The zero-order valence-electron chi connectivity index (χ0n) is 12.0. The van der Waals surface area contributed by atoms with E-state index in [1.807, 2.05) is 13.8 Å². The highest BCUT2D eigenvalue weighted by Crippen LogP contribution is 2.23. The molecule has 1 atom stereocenters. The van der Waals surface area contributed by atoms with Crippen molar-refractivity contribution in [2.45, 2.75) is 44.0 Å². The van der Waals surface area contributed by atoms with E-state index < -0.39 is 9.84 Å². The molecule has 5 heteroatoms. The van der Waals surface area contributed by atoms with E-state index in [1.54, 1.807) is 18.2 Å². The first kappa shape index (κ1) is 15.2. The van der Waals surface area contributed by atoms with Crippen LogP contribution in [0.3, 0.4) is 0 Å². The smallest absolute Gasteiger partial charge is 0.181 e. The van der Waals surface area contributed by atoms with E-state index >= 15 is 0 Å². The van der Waals surface area contributed by atoms with Gasteiger partial charge in [-0.2, -0.15) is 0 Å². The van der Waals surface area contributed by atoms with E-state index in [0.717, 1.165) is 24.9 Å². The Morgan fingerprint density at radius 3 is 2.75 bits per heavy atom. The van der Waals surface area contributed by atoms with Gasteiger partial charge in [-0.3, -0.25) is 4.79 Å². The Kier molecular flexibility index (Phi) is 4.60. The van der Waals surface area contributed by atoms with E-state index in [9.17, 15) is 13.2 Å². The first-order valence-corrected chi connectivity index (χ1v) is 8.72. The molecule has 1 unspecified atom stereocenters. The van der Waals surface area contributed by atoms with Gasteiger partial charge >= 0.3 is 0 Å². The highest BCUT2D eigenvalue weighted by Gasteiger charge is 2.28.